The monoisotopic (exact) mass is 360 g/mol. The van der Waals surface area contributed by atoms with Crippen LogP contribution in [0.1, 0.15) is 26.7 Å². The topological polar surface area (TPSA) is 40.6 Å². The highest BCUT2D eigenvalue weighted by molar-refractivity contribution is 8.78. The summed E-state index contributed by atoms with van der Waals surface area (Å²) in [6.45, 7) is 3.66. The van der Waals surface area contributed by atoms with E-state index in [0.717, 1.165) is 11.4 Å². The Kier molecular flexibility index (Phi) is 7.21. The van der Waals surface area contributed by atoms with Crippen molar-refractivity contribution in [3.05, 3.63) is 60.7 Å². The number of rotatable bonds is 7. The largest absolute Gasteiger partial charge is 0.274 e. The molecule has 0 aliphatic rings. The summed E-state index contributed by atoms with van der Waals surface area (Å²) in [5.74, 6) is -0.00804. The Bertz CT molecular complexity index is 606. The lowest BCUT2D eigenvalue weighted by Gasteiger charge is -2.25. The summed E-state index contributed by atoms with van der Waals surface area (Å²) in [4.78, 5) is 24.6. The number of amides is 2. The lowest BCUT2D eigenvalue weighted by molar-refractivity contribution is -0.117. The normalized spacial score (nSPS) is 10.2. The zero-order chi connectivity index (χ0) is 17.4. The lowest BCUT2D eigenvalue weighted by atomic mass is 10.3. The van der Waals surface area contributed by atoms with Gasteiger partial charge in [-0.05, 0) is 24.3 Å². The maximum Gasteiger partial charge on any atom is 0.237 e. The van der Waals surface area contributed by atoms with Crippen molar-refractivity contribution in [1.82, 2.24) is 0 Å². The van der Waals surface area contributed by atoms with Crippen molar-refractivity contribution in [2.45, 2.75) is 26.7 Å². The number of para-hydroxylation sites is 2. The smallest absolute Gasteiger partial charge is 0.237 e. The number of hydrogen-bond donors (Lipinski definition) is 0. The van der Waals surface area contributed by atoms with Crippen molar-refractivity contribution in [3.63, 3.8) is 0 Å². The third-order valence-electron chi connectivity index (χ3n) is 3.22. The lowest BCUT2D eigenvalue weighted by Crippen LogP contribution is -2.26. The van der Waals surface area contributed by atoms with Gasteiger partial charge in [-0.3, -0.25) is 9.59 Å². The fourth-order valence-electron chi connectivity index (χ4n) is 1.94. The number of nitrogens with zero attached hydrogens (tertiary/aromatic N) is 2. The van der Waals surface area contributed by atoms with E-state index in [4.69, 9.17) is 0 Å². The SMILES string of the molecule is CCC(=O)N(SSN(C(=O)CC)c1ccccc1)c1ccccc1. The molecule has 0 unspecified atom stereocenters. The Hall–Kier alpha value is -1.92. The Balaban J connectivity index is 2.19. The van der Waals surface area contributed by atoms with Gasteiger partial charge in [-0.1, -0.05) is 50.2 Å². The summed E-state index contributed by atoms with van der Waals surface area (Å²) in [6.07, 6.45) is 0.797. The molecule has 2 aromatic carbocycles. The molecule has 0 bridgehead atoms. The molecule has 0 heterocycles. The maximum absolute atomic E-state index is 12.3. The van der Waals surface area contributed by atoms with Gasteiger partial charge in [0.25, 0.3) is 0 Å². The van der Waals surface area contributed by atoms with Crippen molar-refractivity contribution in [3.8, 4) is 0 Å². The predicted octanol–water partition coefficient (Wildman–Crippen LogP) is 5.08. The molecule has 2 amide bonds. The summed E-state index contributed by atoms with van der Waals surface area (Å²) in [5, 5.41) is 0. The fraction of sp³-hybridized carbons (Fsp3) is 0.222. The molecule has 0 aliphatic heterocycles. The Morgan fingerprint density at radius 3 is 1.33 bits per heavy atom. The quantitative estimate of drug-likeness (QED) is 0.510. The van der Waals surface area contributed by atoms with Crippen LogP contribution in [0.2, 0.25) is 0 Å². The molecule has 0 N–H and O–H groups in total. The van der Waals surface area contributed by atoms with Crippen molar-refractivity contribution < 1.29 is 9.59 Å². The molecule has 0 saturated carbocycles. The molecule has 6 heteroatoms. The van der Waals surface area contributed by atoms with Gasteiger partial charge in [-0.2, -0.15) is 0 Å². The van der Waals surface area contributed by atoms with E-state index in [2.05, 4.69) is 0 Å². The van der Waals surface area contributed by atoms with E-state index >= 15 is 0 Å². The highest BCUT2D eigenvalue weighted by Crippen LogP contribution is 2.37. The average molecular weight is 361 g/mol. The van der Waals surface area contributed by atoms with Gasteiger partial charge in [0.1, 0.15) is 0 Å². The second kappa shape index (κ2) is 9.39. The van der Waals surface area contributed by atoms with Crippen LogP contribution in [0.15, 0.2) is 60.7 Å². The summed E-state index contributed by atoms with van der Waals surface area (Å²) >= 11 is 0. The standard InChI is InChI=1S/C18H20N2O2S2/c1-3-17(21)19(15-11-7-5-8-12-15)23-24-20(18(22)4-2)16-13-9-6-10-14-16/h5-14H,3-4H2,1-2H3. The molecule has 2 aromatic rings. The van der Waals surface area contributed by atoms with Gasteiger partial charge < -0.3 is 0 Å². The molecule has 4 nitrogen and oxygen atoms in total. The molecule has 0 atom stereocenters. The fourth-order valence-corrected chi connectivity index (χ4v) is 4.33. The van der Waals surface area contributed by atoms with E-state index in [1.54, 1.807) is 8.61 Å². The molecule has 126 valence electrons. The maximum atomic E-state index is 12.3. The van der Waals surface area contributed by atoms with Crippen LogP contribution < -0.4 is 8.61 Å². The molecule has 0 spiro atoms. The minimum atomic E-state index is -0.00402. The van der Waals surface area contributed by atoms with Gasteiger partial charge in [0.2, 0.25) is 11.8 Å². The van der Waals surface area contributed by atoms with Crippen LogP contribution in [-0.4, -0.2) is 11.8 Å². The number of carbonyl (C=O) groups is 2. The molecule has 2 rings (SSSR count). The van der Waals surface area contributed by atoms with Crippen LogP contribution in [0.3, 0.4) is 0 Å². The second-order valence-corrected chi connectivity index (χ2v) is 6.83. The molecule has 24 heavy (non-hydrogen) atoms. The first-order chi connectivity index (χ1) is 11.7. The Morgan fingerprint density at radius 2 is 1.04 bits per heavy atom. The van der Waals surface area contributed by atoms with E-state index in [9.17, 15) is 9.59 Å². The first-order valence-corrected chi connectivity index (χ1v) is 9.84. The van der Waals surface area contributed by atoms with Crippen LogP contribution in [0.4, 0.5) is 11.4 Å². The highest BCUT2D eigenvalue weighted by atomic mass is 33.1. The minimum Gasteiger partial charge on any atom is -0.274 e. The molecule has 0 fully saturated rings. The van der Waals surface area contributed by atoms with Crippen LogP contribution >= 0.6 is 22.0 Å². The van der Waals surface area contributed by atoms with Crippen molar-refractivity contribution in [1.29, 1.82) is 0 Å². The van der Waals surface area contributed by atoms with Crippen LogP contribution in [0.25, 0.3) is 0 Å². The van der Waals surface area contributed by atoms with E-state index < -0.39 is 0 Å². The number of hydrogen-bond acceptors (Lipinski definition) is 4. The van der Waals surface area contributed by atoms with Crippen LogP contribution in [-0.2, 0) is 9.59 Å². The molecule has 0 radical (unpaired) electrons. The van der Waals surface area contributed by atoms with Crippen molar-refractivity contribution in [2.24, 2.45) is 0 Å². The summed E-state index contributed by atoms with van der Waals surface area (Å²) < 4.78 is 3.26. The zero-order valence-electron chi connectivity index (χ0n) is 13.7. The zero-order valence-corrected chi connectivity index (χ0v) is 15.3. The molecular weight excluding hydrogens is 340 g/mol. The minimum absolute atomic E-state index is 0.00402. The first kappa shape index (κ1) is 18.4. The van der Waals surface area contributed by atoms with E-state index in [0.29, 0.717) is 12.8 Å². The Morgan fingerprint density at radius 1 is 0.708 bits per heavy atom. The third-order valence-corrected chi connectivity index (χ3v) is 5.51. The predicted molar refractivity (Wildman–Crippen MR) is 104 cm³/mol. The molecule has 0 aromatic heterocycles. The number of benzene rings is 2. The summed E-state index contributed by atoms with van der Waals surface area (Å²) in [6, 6.07) is 18.9. The molecular formula is C18H20N2O2S2. The highest BCUT2D eigenvalue weighted by Gasteiger charge is 2.21. The summed E-state index contributed by atoms with van der Waals surface area (Å²) in [5.41, 5.74) is 1.61. The van der Waals surface area contributed by atoms with Gasteiger partial charge in [0.15, 0.2) is 0 Å². The van der Waals surface area contributed by atoms with Crippen molar-refractivity contribution in [2.75, 3.05) is 8.61 Å². The van der Waals surface area contributed by atoms with Crippen LogP contribution in [0.5, 0.6) is 0 Å². The van der Waals surface area contributed by atoms with Crippen molar-refractivity contribution >= 4 is 45.1 Å². The van der Waals surface area contributed by atoms with E-state index in [1.807, 2.05) is 74.5 Å². The van der Waals surface area contributed by atoms with Gasteiger partial charge >= 0.3 is 0 Å². The van der Waals surface area contributed by atoms with Gasteiger partial charge in [0, 0.05) is 12.8 Å². The molecule has 0 aliphatic carbocycles. The van der Waals surface area contributed by atoms with E-state index in [1.165, 1.54) is 22.0 Å². The number of anilines is 2. The van der Waals surface area contributed by atoms with E-state index in [-0.39, 0.29) is 11.8 Å². The first-order valence-electron chi connectivity index (χ1n) is 7.78. The third kappa shape index (κ3) is 4.79. The van der Waals surface area contributed by atoms with Gasteiger partial charge in [-0.25, -0.2) is 8.61 Å². The summed E-state index contributed by atoms with van der Waals surface area (Å²) in [7, 11) is 2.52. The second-order valence-electron chi connectivity index (χ2n) is 4.90. The van der Waals surface area contributed by atoms with Gasteiger partial charge in [0.05, 0.1) is 33.3 Å². The van der Waals surface area contributed by atoms with Gasteiger partial charge in [-0.15, -0.1) is 0 Å². The number of carbonyl (C=O) groups excluding carboxylic acids is 2. The average Bonchev–Trinajstić information content (AvgIpc) is 2.65. The Labute approximate surface area is 150 Å². The molecule has 0 saturated heterocycles. The van der Waals surface area contributed by atoms with Crippen LogP contribution in [0, 0.1) is 0 Å².